The molecule has 0 atom stereocenters. The maximum Gasteiger partial charge on any atom is 0.229 e. The van der Waals surface area contributed by atoms with E-state index < -0.39 is 0 Å². The fourth-order valence-corrected chi connectivity index (χ4v) is 2.55. The van der Waals surface area contributed by atoms with Crippen LogP contribution in [0.25, 0.3) is 0 Å². The number of benzene rings is 2. The van der Waals surface area contributed by atoms with Gasteiger partial charge in [0, 0.05) is 27.6 Å². The Bertz CT molecular complexity index is 865. The van der Waals surface area contributed by atoms with Gasteiger partial charge in [0.05, 0.1) is 0 Å². The van der Waals surface area contributed by atoms with Crippen LogP contribution in [0.4, 0.5) is 27.5 Å². The Morgan fingerprint density at radius 1 is 0.875 bits per heavy atom. The maximum atomic E-state index is 13.0. The predicted octanol–water partition coefficient (Wildman–Crippen LogP) is 5.48. The molecule has 3 aromatic rings. The molecule has 0 fully saturated rings. The summed E-state index contributed by atoms with van der Waals surface area (Å²) in [5, 5.41) is 6.35. The van der Waals surface area contributed by atoms with Crippen molar-refractivity contribution < 1.29 is 4.39 Å². The predicted molar refractivity (Wildman–Crippen MR) is 98.6 cm³/mol. The molecular weight excluding hydrogens is 371 g/mol. The van der Waals surface area contributed by atoms with Crippen LogP contribution in [0.5, 0.6) is 0 Å². The third-order valence-corrected chi connectivity index (χ3v) is 4.25. The van der Waals surface area contributed by atoms with Crippen LogP contribution >= 0.6 is 15.9 Å². The van der Waals surface area contributed by atoms with Gasteiger partial charge >= 0.3 is 0 Å². The Morgan fingerprint density at radius 3 is 2.29 bits per heavy atom. The fraction of sp³-hybridized carbons (Fsp3) is 0.111. The number of halogens is 2. The third kappa shape index (κ3) is 4.08. The van der Waals surface area contributed by atoms with Gasteiger partial charge in [0.2, 0.25) is 5.95 Å². The second kappa shape index (κ2) is 6.97. The molecule has 0 aliphatic rings. The number of hydrogen-bond donors (Lipinski definition) is 2. The van der Waals surface area contributed by atoms with Crippen molar-refractivity contribution in [2.75, 3.05) is 10.6 Å². The molecule has 2 N–H and O–H groups in total. The molecule has 122 valence electrons. The molecule has 6 heteroatoms. The molecule has 0 saturated carbocycles. The fourth-order valence-electron chi connectivity index (χ4n) is 2.17. The van der Waals surface area contributed by atoms with Gasteiger partial charge in [0.1, 0.15) is 11.6 Å². The largest absolute Gasteiger partial charge is 0.340 e. The van der Waals surface area contributed by atoms with Gasteiger partial charge in [-0.15, -0.1) is 0 Å². The van der Waals surface area contributed by atoms with Gasteiger partial charge in [0.25, 0.3) is 0 Å². The Balaban J connectivity index is 1.82. The molecule has 0 amide bonds. The lowest BCUT2D eigenvalue weighted by atomic mass is 10.2. The van der Waals surface area contributed by atoms with E-state index in [1.54, 1.807) is 12.1 Å². The topological polar surface area (TPSA) is 49.8 Å². The van der Waals surface area contributed by atoms with Gasteiger partial charge in [-0.25, -0.2) is 9.37 Å². The molecule has 0 unspecified atom stereocenters. The number of aromatic nitrogens is 2. The highest BCUT2D eigenvalue weighted by atomic mass is 79.9. The van der Waals surface area contributed by atoms with E-state index >= 15 is 0 Å². The van der Waals surface area contributed by atoms with Gasteiger partial charge < -0.3 is 10.6 Å². The Kier molecular flexibility index (Phi) is 4.76. The summed E-state index contributed by atoms with van der Waals surface area (Å²) in [5.74, 6) is 0.866. The molecular formula is C18H16BrFN4. The molecule has 0 spiro atoms. The molecule has 0 bridgehead atoms. The molecule has 0 aliphatic carbocycles. The Hall–Kier alpha value is -2.47. The number of aryl methyl sites for hydroxylation is 2. The van der Waals surface area contributed by atoms with E-state index in [0.717, 1.165) is 27.1 Å². The molecule has 1 aromatic heterocycles. The highest BCUT2D eigenvalue weighted by molar-refractivity contribution is 9.10. The lowest BCUT2D eigenvalue weighted by Gasteiger charge is -2.11. The van der Waals surface area contributed by atoms with Crippen molar-refractivity contribution >= 4 is 39.1 Å². The van der Waals surface area contributed by atoms with Crippen molar-refractivity contribution in [1.82, 2.24) is 9.97 Å². The van der Waals surface area contributed by atoms with Crippen LogP contribution in [0.2, 0.25) is 0 Å². The van der Waals surface area contributed by atoms with E-state index in [1.807, 2.05) is 38.1 Å². The van der Waals surface area contributed by atoms with Gasteiger partial charge in [-0.3, -0.25) is 0 Å². The van der Waals surface area contributed by atoms with Crippen molar-refractivity contribution in [2.24, 2.45) is 0 Å². The van der Waals surface area contributed by atoms with Crippen molar-refractivity contribution in [1.29, 1.82) is 0 Å². The van der Waals surface area contributed by atoms with E-state index in [-0.39, 0.29) is 5.82 Å². The number of hydrogen-bond acceptors (Lipinski definition) is 4. The van der Waals surface area contributed by atoms with Crippen molar-refractivity contribution in [3.63, 3.8) is 0 Å². The summed E-state index contributed by atoms with van der Waals surface area (Å²) in [6.07, 6.45) is 0. The van der Waals surface area contributed by atoms with Crippen LogP contribution in [0.15, 0.2) is 53.0 Å². The average molecular weight is 387 g/mol. The zero-order valence-electron chi connectivity index (χ0n) is 13.3. The van der Waals surface area contributed by atoms with Gasteiger partial charge in [0.15, 0.2) is 0 Å². The number of anilines is 4. The Morgan fingerprint density at radius 2 is 1.58 bits per heavy atom. The van der Waals surface area contributed by atoms with E-state index in [2.05, 4.69) is 36.5 Å². The first-order valence-corrected chi connectivity index (χ1v) is 8.20. The summed E-state index contributed by atoms with van der Waals surface area (Å²) in [7, 11) is 0. The van der Waals surface area contributed by atoms with Crippen molar-refractivity contribution in [3.05, 3.63) is 70.1 Å². The van der Waals surface area contributed by atoms with E-state index in [0.29, 0.717) is 11.8 Å². The summed E-state index contributed by atoms with van der Waals surface area (Å²) in [5.41, 5.74) is 3.64. The van der Waals surface area contributed by atoms with Crippen molar-refractivity contribution in [2.45, 2.75) is 13.8 Å². The van der Waals surface area contributed by atoms with Gasteiger partial charge in [-0.1, -0.05) is 22.0 Å². The molecule has 4 nitrogen and oxygen atoms in total. The second-order valence-corrected chi connectivity index (χ2v) is 6.29. The van der Waals surface area contributed by atoms with Crippen LogP contribution in [0.1, 0.15) is 11.3 Å². The first-order valence-electron chi connectivity index (χ1n) is 7.41. The first kappa shape index (κ1) is 16.4. The van der Waals surface area contributed by atoms with Crippen molar-refractivity contribution in [3.8, 4) is 0 Å². The van der Waals surface area contributed by atoms with E-state index in [4.69, 9.17) is 0 Å². The highest BCUT2D eigenvalue weighted by Gasteiger charge is 2.05. The maximum absolute atomic E-state index is 13.0. The number of rotatable bonds is 4. The van der Waals surface area contributed by atoms with Crippen LogP contribution in [0.3, 0.4) is 0 Å². The summed E-state index contributed by atoms with van der Waals surface area (Å²) < 4.78 is 14.0. The standard InChI is InChI=1S/C18H16BrFN4/c1-11-3-6-15(10-16(11)19)23-18-21-12(2)9-17(24-18)22-14-7-4-13(20)5-8-14/h3-10H,1-2H3,(H2,21,22,23,24). The Labute approximate surface area is 148 Å². The molecule has 2 aromatic carbocycles. The molecule has 24 heavy (non-hydrogen) atoms. The third-order valence-electron chi connectivity index (χ3n) is 3.40. The lowest BCUT2D eigenvalue weighted by molar-refractivity contribution is 0.628. The normalized spacial score (nSPS) is 10.5. The van der Waals surface area contributed by atoms with Crippen LogP contribution < -0.4 is 10.6 Å². The van der Waals surface area contributed by atoms with Crippen LogP contribution in [0, 0.1) is 19.7 Å². The van der Waals surface area contributed by atoms with Gasteiger partial charge in [-0.05, 0) is 55.8 Å². The molecule has 3 rings (SSSR count). The van der Waals surface area contributed by atoms with Gasteiger partial charge in [-0.2, -0.15) is 4.98 Å². The lowest BCUT2D eigenvalue weighted by Crippen LogP contribution is -2.02. The summed E-state index contributed by atoms with van der Waals surface area (Å²) in [6, 6.07) is 13.9. The minimum atomic E-state index is -0.272. The quantitative estimate of drug-likeness (QED) is 0.622. The summed E-state index contributed by atoms with van der Waals surface area (Å²) >= 11 is 3.51. The number of nitrogens with zero attached hydrogens (tertiary/aromatic N) is 2. The summed E-state index contributed by atoms with van der Waals surface area (Å²) in [4.78, 5) is 8.86. The zero-order chi connectivity index (χ0) is 17.1. The molecule has 0 radical (unpaired) electrons. The van der Waals surface area contributed by atoms with Crippen LogP contribution in [-0.4, -0.2) is 9.97 Å². The number of nitrogens with one attached hydrogen (secondary N) is 2. The zero-order valence-corrected chi connectivity index (χ0v) is 14.9. The minimum Gasteiger partial charge on any atom is -0.340 e. The summed E-state index contributed by atoms with van der Waals surface area (Å²) in [6.45, 7) is 3.93. The highest BCUT2D eigenvalue weighted by Crippen LogP contribution is 2.23. The second-order valence-electron chi connectivity index (χ2n) is 5.44. The van der Waals surface area contributed by atoms with Crippen LogP contribution in [-0.2, 0) is 0 Å². The monoisotopic (exact) mass is 386 g/mol. The van der Waals surface area contributed by atoms with E-state index in [1.165, 1.54) is 12.1 Å². The van der Waals surface area contributed by atoms with E-state index in [9.17, 15) is 4.39 Å². The molecule has 0 saturated heterocycles. The molecule has 0 aliphatic heterocycles. The first-order chi connectivity index (χ1) is 11.5. The smallest absolute Gasteiger partial charge is 0.229 e. The minimum absolute atomic E-state index is 0.272. The average Bonchev–Trinajstić information content (AvgIpc) is 2.53. The SMILES string of the molecule is Cc1cc(Nc2ccc(F)cc2)nc(Nc2ccc(C)c(Br)c2)n1. The molecule has 1 heterocycles.